The highest BCUT2D eigenvalue weighted by Crippen LogP contribution is 2.15. The molecule has 0 bridgehead atoms. The highest BCUT2D eigenvalue weighted by atomic mass is 35.5. The van der Waals surface area contributed by atoms with Gasteiger partial charge in [0.05, 0.1) is 10.0 Å². The van der Waals surface area contributed by atoms with Crippen LogP contribution in [0.4, 0.5) is 8.78 Å². The molecule has 2 rings (SSSR count). The molecule has 96 valence electrons. The van der Waals surface area contributed by atoms with E-state index in [0.717, 1.165) is 11.1 Å². The molecule has 0 aliphatic rings. The van der Waals surface area contributed by atoms with Crippen LogP contribution in [-0.2, 0) is 0 Å². The number of hydrogen-bond acceptors (Lipinski definition) is 0. The summed E-state index contributed by atoms with van der Waals surface area (Å²) in [7, 11) is 0. The maximum atomic E-state index is 12.4. The second kappa shape index (κ2) is 6.72. The number of aryl methyl sites for hydroxylation is 2. The molecule has 0 spiro atoms. The molecule has 0 heterocycles. The van der Waals surface area contributed by atoms with Crippen molar-refractivity contribution in [3.05, 3.63) is 69.2 Å². The van der Waals surface area contributed by atoms with Crippen molar-refractivity contribution in [1.82, 2.24) is 0 Å². The van der Waals surface area contributed by atoms with E-state index < -0.39 is 0 Å². The Bertz CT molecular complexity index is 490. The fourth-order valence-electron chi connectivity index (χ4n) is 1.20. The lowest BCUT2D eigenvalue weighted by Gasteiger charge is -1.93. The van der Waals surface area contributed by atoms with Crippen molar-refractivity contribution >= 4 is 23.2 Å². The average Bonchev–Trinajstić information content (AvgIpc) is 2.30. The number of hydrogen-bond donors (Lipinski definition) is 0. The number of benzene rings is 2. The molecule has 0 aliphatic heterocycles. The summed E-state index contributed by atoms with van der Waals surface area (Å²) in [6.45, 7) is 3.69. The molecule has 0 N–H and O–H groups in total. The summed E-state index contributed by atoms with van der Waals surface area (Å²) >= 11 is 10.8. The molecule has 0 unspecified atom stereocenters. The minimum Gasteiger partial charge on any atom is -0.205 e. The molecule has 0 saturated carbocycles. The van der Waals surface area contributed by atoms with Crippen molar-refractivity contribution in [2.24, 2.45) is 0 Å². The Morgan fingerprint density at radius 1 is 0.722 bits per heavy atom. The molecule has 2 aromatic carbocycles. The Morgan fingerprint density at radius 3 is 1.72 bits per heavy atom. The van der Waals surface area contributed by atoms with Crippen molar-refractivity contribution < 1.29 is 8.78 Å². The van der Waals surface area contributed by atoms with Gasteiger partial charge in [0, 0.05) is 0 Å². The van der Waals surface area contributed by atoms with Crippen molar-refractivity contribution in [2.75, 3.05) is 0 Å². The molecule has 0 aromatic heterocycles. The maximum absolute atomic E-state index is 12.4. The normalized spacial score (nSPS) is 9.67. The van der Waals surface area contributed by atoms with E-state index in [1.807, 2.05) is 13.8 Å². The van der Waals surface area contributed by atoms with Gasteiger partial charge in [0.1, 0.15) is 11.6 Å². The van der Waals surface area contributed by atoms with E-state index in [1.165, 1.54) is 12.1 Å². The number of halogens is 4. The lowest BCUT2D eigenvalue weighted by molar-refractivity contribution is 0.627. The van der Waals surface area contributed by atoms with Crippen LogP contribution in [0, 0.1) is 25.5 Å². The van der Waals surface area contributed by atoms with Crippen LogP contribution in [-0.4, -0.2) is 0 Å². The van der Waals surface area contributed by atoms with E-state index in [9.17, 15) is 8.78 Å². The lowest BCUT2D eigenvalue weighted by atomic mass is 10.2. The lowest BCUT2D eigenvalue weighted by Crippen LogP contribution is -1.76. The predicted molar refractivity (Wildman–Crippen MR) is 72.3 cm³/mol. The van der Waals surface area contributed by atoms with Gasteiger partial charge in [0.2, 0.25) is 0 Å². The van der Waals surface area contributed by atoms with E-state index >= 15 is 0 Å². The average molecular weight is 289 g/mol. The van der Waals surface area contributed by atoms with E-state index in [-0.39, 0.29) is 21.7 Å². The first-order valence-corrected chi connectivity index (χ1v) is 5.99. The summed E-state index contributed by atoms with van der Waals surface area (Å²) in [6.07, 6.45) is 0. The zero-order chi connectivity index (χ0) is 13.7. The minimum absolute atomic E-state index is 0.181. The monoisotopic (exact) mass is 288 g/mol. The molecule has 18 heavy (non-hydrogen) atoms. The molecule has 0 radical (unpaired) electrons. The Hall–Kier alpha value is -1.12. The molecule has 0 saturated heterocycles. The fraction of sp³-hybridized carbons (Fsp3) is 0.143. The molecule has 2 aromatic rings. The largest absolute Gasteiger partial charge is 0.205 e. The minimum atomic E-state index is -0.359. The van der Waals surface area contributed by atoms with Gasteiger partial charge in [-0.05, 0) is 49.2 Å². The van der Waals surface area contributed by atoms with Crippen LogP contribution in [0.25, 0.3) is 0 Å². The van der Waals surface area contributed by atoms with Crippen LogP contribution in [0.3, 0.4) is 0 Å². The van der Waals surface area contributed by atoms with Crippen LogP contribution in [0.5, 0.6) is 0 Å². The zero-order valence-corrected chi connectivity index (χ0v) is 11.5. The van der Waals surface area contributed by atoms with Gasteiger partial charge in [0.15, 0.2) is 0 Å². The number of rotatable bonds is 0. The molecular weight excluding hydrogens is 277 g/mol. The highest BCUT2D eigenvalue weighted by molar-refractivity contribution is 6.31. The predicted octanol–water partition coefficient (Wildman–Crippen LogP) is 5.58. The summed E-state index contributed by atoms with van der Waals surface area (Å²) in [5, 5.41) is 0.371. The first-order chi connectivity index (χ1) is 8.40. The summed E-state index contributed by atoms with van der Waals surface area (Å²) in [4.78, 5) is 0. The van der Waals surface area contributed by atoms with Crippen molar-refractivity contribution in [1.29, 1.82) is 0 Å². The second-order valence-corrected chi connectivity index (χ2v) is 4.65. The van der Waals surface area contributed by atoms with Crippen LogP contribution < -0.4 is 0 Å². The molecule has 0 amide bonds. The van der Waals surface area contributed by atoms with Crippen LogP contribution in [0.15, 0.2) is 36.4 Å². The second-order valence-electron chi connectivity index (χ2n) is 3.84. The van der Waals surface area contributed by atoms with Gasteiger partial charge in [-0.1, -0.05) is 35.3 Å². The summed E-state index contributed by atoms with van der Waals surface area (Å²) < 4.78 is 24.8. The van der Waals surface area contributed by atoms with Crippen molar-refractivity contribution in [3.8, 4) is 0 Å². The van der Waals surface area contributed by atoms with Crippen molar-refractivity contribution in [3.63, 3.8) is 0 Å². The molecule has 0 aliphatic carbocycles. The Morgan fingerprint density at radius 2 is 1.28 bits per heavy atom. The first-order valence-electron chi connectivity index (χ1n) is 5.23. The van der Waals surface area contributed by atoms with E-state index in [0.29, 0.717) is 0 Å². The summed E-state index contributed by atoms with van der Waals surface area (Å²) in [6, 6.07) is 9.36. The molecule has 4 heteroatoms. The Kier molecular flexibility index (Phi) is 5.57. The maximum Gasteiger partial charge on any atom is 0.142 e. The van der Waals surface area contributed by atoms with Crippen molar-refractivity contribution in [2.45, 2.75) is 13.8 Å². The summed E-state index contributed by atoms with van der Waals surface area (Å²) in [5.41, 5.74) is 1.86. The standard InChI is InChI=1S/2C7H6ClF/c1-5-2-3-7(9)6(8)4-5;1-5-2-3-6(8)7(9)4-5/h2*2-4H,1H3. The molecular formula is C14H12Cl2F2. The first kappa shape index (κ1) is 14.9. The van der Waals surface area contributed by atoms with Crippen LogP contribution in [0.1, 0.15) is 11.1 Å². The van der Waals surface area contributed by atoms with E-state index in [4.69, 9.17) is 23.2 Å². The molecule has 0 fully saturated rings. The van der Waals surface area contributed by atoms with Gasteiger partial charge in [-0.3, -0.25) is 0 Å². The fourth-order valence-corrected chi connectivity index (χ4v) is 1.55. The molecule has 0 atom stereocenters. The van der Waals surface area contributed by atoms with E-state index in [1.54, 1.807) is 24.3 Å². The molecule has 0 nitrogen and oxygen atoms in total. The van der Waals surface area contributed by atoms with Gasteiger partial charge >= 0.3 is 0 Å². The van der Waals surface area contributed by atoms with Gasteiger partial charge in [-0.15, -0.1) is 0 Å². The quantitative estimate of drug-likeness (QED) is 0.594. The third kappa shape index (κ3) is 4.63. The smallest absolute Gasteiger partial charge is 0.142 e. The zero-order valence-electron chi connectivity index (χ0n) is 9.98. The SMILES string of the molecule is Cc1ccc(Cl)c(F)c1.Cc1ccc(F)c(Cl)c1. The van der Waals surface area contributed by atoms with E-state index in [2.05, 4.69) is 0 Å². The third-order valence-corrected chi connectivity index (χ3v) is 2.75. The van der Waals surface area contributed by atoms with Gasteiger partial charge in [-0.25, -0.2) is 8.78 Å². The highest BCUT2D eigenvalue weighted by Gasteiger charge is 1.96. The Balaban J connectivity index is 0.000000180. The van der Waals surface area contributed by atoms with Crippen LogP contribution >= 0.6 is 23.2 Å². The van der Waals surface area contributed by atoms with Crippen LogP contribution in [0.2, 0.25) is 10.0 Å². The summed E-state index contributed by atoms with van der Waals surface area (Å²) in [5.74, 6) is -0.709. The topological polar surface area (TPSA) is 0 Å². The van der Waals surface area contributed by atoms with Gasteiger partial charge in [0.25, 0.3) is 0 Å². The third-order valence-electron chi connectivity index (χ3n) is 2.15. The Labute approximate surface area is 115 Å². The van der Waals surface area contributed by atoms with Gasteiger partial charge < -0.3 is 0 Å². The van der Waals surface area contributed by atoms with Gasteiger partial charge in [-0.2, -0.15) is 0 Å².